The SMILES string of the molecule is CC(C)(C)OC(=O)Nc1nc(Cl)c2c(n1)[nH]c1cccc(Cl)c12. The van der Waals surface area contributed by atoms with Crippen molar-refractivity contribution in [3.8, 4) is 0 Å². The van der Waals surface area contributed by atoms with Gasteiger partial charge in [0.05, 0.1) is 10.4 Å². The summed E-state index contributed by atoms with van der Waals surface area (Å²) in [6.07, 6.45) is -0.651. The van der Waals surface area contributed by atoms with Gasteiger partial charge in [-0.3, -0.25) is 5.32 Å². The number of hydrogen-bond acceptors (Lipinski definition) is 4. The predicted octanol–water partition coefficient (Wildman–Crippen LogP) is 4.76. The summed E-state index contributed by atoms with van der Waals surface area (Å²) >= 11 is 12.5. The molecule has 120 valence electrons. The summed E-state index contributed by atoms with van der Waals surface area (Å²) in [7, 11) is 0. The molecular weight excluding hydrogens is 339 g/mol. The lowest BCUT2D eigenvalue weighted by molar-refractivity contribution is 0.0634. The molecule has 0 spiro atoms. The minimum absolute atomic E-state index is 0.0550. The molecule has 0 aliphatic carbocycles. The second kappa shape index (κ2) is 5.54. The lowest BCUT2D eigenvalue weighted by Crippen LogP contribution is -2.27. The van der Waals surface area contributed by atoms with Gasteiger partial charge < -0.3 is 9.72 Å². The summed E-state index contributed by atoms with van der Waals surface area (Å²) in [5.41, 5.74) is 0.657. The van der Waals surface area contributed by atoms with Crippen LogP contribution in [-0.4, -0.2) is 26.6 Å². The van der Waals surface area contributed by atoms with Gasteiger partial charge in [0.2, 0.25) is 5.95 Å². The largest absolute Gasteiger partial charge is 0.444 e. The molecule has 3 rings (SSSR count). The Morgan fingerprint density at radius 2 is 1.96 bits per heavy atom. The molecule has 1 aromatic carbocycles. The lowest BCUT2D eigenvalue weighted by atomic mass is 10.2. The first-order valence-electron chi connectivity index (χ1n) is 6.88. The normalized spacial score (nSPS) is 11.9. The maximum Gasteiger partial charge on any atom is 0.414 e. The van der Waals surface area contributed by atoms with Crippen molar-refractivity contribution in [3.05, 3.63) is 28.4 Å². The Bertz CT molecular complexity index is 915. The average Bonchev–Trinajstić information content (AvgIpc) is 2.76. The fourth-order valence-electron chi connectivity index (χ4n) is 2.21. The van der Waals surface area contributed by atoms with Crippen molar-refractivity contribution in [3.63, 3.8) is 0 Å². The van der Waals surface area contributed by atoms with Gasteiger partial charge in [-0.2, -0.15) is 9.97 Å². The zero-order valence-electron chi connectivity index (χ0n) is 12.7. The first kappa shape index (κ1) is 15.8. The Balaban J connectivity index is 2.04. The van der Waals surface area contributed by atoms with E-state index < -0.39 is 11.7 Å². The topological polar surface area (TPSA) is 79.9 Å². The molecule has 0 fully saturated rings. The van der Waals surface area contributed by atoms with Crippen LogP contribution in [0.3, 0.4) is 0 Å². The van der Waals surface area contributed by atoms with Crippen molar-refractivity contribution in [2.45, 2.75) is 26.4 Å². The second-order valence-corrected chi connectivity index (χ2v) is 6.74. The van der Waals surface area contributed by atoms with Gasteiger partial charge >= 0.3 is 6.09 Å². The second-order valence-electron chi connectivity index (χ2n) is 5.98. The Morgan fingerprint density at radius 1 is 1.22 bits per heavy atom. The summed E-state index contributed by atoms with van der Waals surface area (Å²) in [4.78, 5) is 23.3. The number of fused-ring (bicyclic) bond motifs is 3. The highest BCUT2D eigenvalue weighted by Crippen LogP contribution is 2.34. The van der Waals surface area contributed by atoms with Gasteiger partial charge in [0, 0.05) is 10.9 Å². The van der Waals surface area contributed by atoms with Crippen LogP contribution in [0.2, 0.25) is 10.2 Å². The molecule has 6 nitrogen and oxygen atoms in total. The minimum atomic E-state index is -0.651. The summed E-state index contributed by atoms with van der Waals surface area (Å²) in [6, 6.07) is 5.45. The van der Waals surface area contributed by atoms with Crippen LogP contribution < -0.4 is 5.32 Å². The molecule has 2 heterocycles. The maximum absolute atomic E-state index is 11.8. The number of rotatable bonds is 1. The number of carbonyl (C=O) groups excluding carboxylic acids is 1. The van der Waals surface area contributed by atoms with E-state index in [1.807, 2.05) is 12.1 Å². The Hall–Kier alpha value is -2.05. The molecule has 0 atom stereocenters. The van der Waals surface area contributed by atoms with Gasteiger partial charge in [-0.25, -0.2) is 4.79 Å². The van der Waals surface area contributed by atoms with Crippen molar-refractivity contribution in [2.75, 3.05) is 5.32 Å². The van der Waals surface area contributed by atoms with Crippen LogP contribution in [0.25, 0.3) is 21.9 Å². The van der Waals surface area contributed by atoms with Crippen molar-refractivity contribution in [2.24, 2.45) is 0 Å². The summed E-state index contributed by atoms with van der Waals surface area (Å²) in [6.45, 7) is 5.30. The Morgan fingerprint density at radius 3 is 2.65 bits per heavy atom. The van der Waals surface area contributed by atoms with Crippen molar-refractivity contribution in [1.29, 1.82) is 0 Å². The van der Waals surface area contributed by atoms with Gasteiger partial charge in [-0.1, -0.05) is 29.3 Å². The van der Waals surface area contributed by atoms with E-state index in [0.717, 1.165) is 10.9 Å². The molecule has 0 unspecified atom stereocenters. The van der Waals surface area contributed by atoms with Crippen LogP contribution in [0.1, 0.15) is 20.8 Å². The van der Waals surface area contributed by atoms with Crippen molar-refractivity contribution < 1.29 is 9.53 Å². The smallest absolute Gasteiger partial charge is 0.414 e. The van der Waals surface area contributed by atoms with E-state index in [-0.39, 0.29) is 11.1 Å². The lowest BCUT2D eigenvalue weighted by Gasteiger charge is -2.19. The third-order valence-corrected chi connectivity index (χ3v) is 3.58. The number of amides is 1. The van der Waals surface area contributed by atoms with Crippen LogP contribution in [0.4, 0.5) is 10.7 Å². The molecule has 0 saturated carbocycles. The number of nitrogens with zero attached hydrogens (tertiary/aromatic N) is 2. The standard InChI is InChI=1S/C15H14Cl2N4O2/c1-15(2,3)23-14(22)21-13-19-11(17)10-9-7(16)5-4-6-8(9)18-12(10)20-13/h4-6H,1-3H3,(H2,18,19,20,21,22). The summed E-state index contributed by atoms with van der Waals surface area (Å²) in [5.74, 6) is 0.0550. The van der Waals surface area contributed by atoms with E-state index in [2.05, 4.69) is 20.3 Å². The van der Waals surface area contributed by atoms with Crippen LogP contribution in [0.15, 0.2) is 18.2 Å². The number of nitrogens with one attached hydrogen (secondary N) is 2. The number of anilines is 1. The molecule has 2 N–H and O–H groups in total. The molecule has 23 heavy (non-hydrogen) atoms. The molecule has 0 bridgehead atoms. The summed E-state index contributed by atoms with van der Waals surface area (Å²) < 4.78 is 5.17. The highest BCUT2D eigenvalue weighted by atomic mass is 35.5. The zero-order valence-corrected chi connectivity index (χ0v) is 14.2. The number of benzene rings is 1. The third kappa shape index (κ3) is 3.18. The average molecular weight is 353 g/mol. The van der Waals surface area contributed by atoms with E-state index in [9.17, 15) is 4.79 Å². The molecule has 0 aliphatic heterocycles. The number of H-pyrrole nitrogens is 1. The van der Waals surface area contributed by atoms with Crippen LogP contribution in [-0.2, 0) is 4.74 Å². The highest BCUT2D eigenvalue weighted by molar-refractivity contribution is 6.42. The van der Waals surface area contributed by atoms with Crippen molar-refractivity contribution in [1.82, 2.24) is 15.0 Å². The molecule has 3 aromatic rings. The van der Waals surface area contributed by atoms with E-state index in [4.69, 9.17) is 27.9 Å². The minimum Gasteiger partial charge on any atom is -0.444 e. The Labute approximate surface area is 142 Å². The van der Waals surface area contributed by atoms with Crippen LogP contribution in [0, 0.1) is 0 Å². The Kier molecular flexibility index (Phi) is 3.82. The van der Waals surface area contributed by atoms with Gasteiger partial charge in [-0.15, -0.1) is 0 Å². The van der Waals surface area contributed by atoms with Gasteiger partial charge in [0.25, 0.3) is 0 Å². The number of aromatic amines is 1. The molecule has 8 heteroatoms. The zero-order chi connectivity index (χ0) is 16.8. The molecule has 1 amide bonds. The van der Waals surface area contributed by atoms with Gasteiger partial charge in [0.15, 0.2) is 0 Å². The number of ether oxygens (including phenoxy) is 1. The molecule has 0 saturated heterocycles. The number of halogens is 2. The molecule has 2 aromatic heterocycles. The van der Waals surface area contributed by atoms with Crippen molar-refractivity contribution >= 4 is 57.2 Å². The fourth-order valence-corrected chi connectivity index (χ4v) is 2.74. The highest BCUT2D eigenvalue weighted by Gasteiger charge is 2.19. The van der Waals surface area contributed by atoms with E-state index in [0.29, 0.717) is 16.1 Å². The summed E-state index contributed by atoms with van der Waals surface area (Å²) in [5, 5.41) is 4.57. The monoisotopic (exact) mass is 352 g/mol. The first-order chi connectivity index (χ1) is 10.7. The van der Waals surface area contributed by atoms with E-state index in [1.54, 1.807) is 26.8 Å². The maximum atomic E-state index is 11.8. The first-order valence-corrected chi connectivity index (χ1v) is 7.63. The van der Waals surface area contributed by atoms with Gasteiger partial charge in [-0.05, 0) is 32.9 Å². The number of aromatic nitrogens is 3. The van der Waals surface area contributed by atoms with Crippen LogP contribution in [0.5, 0.6) is 0 Å². The van der Waals surface area contributed by atoms with Gasteiger partial charge in [0.1, 0.15) is 16.4 Å². The number of hydrogen-bond donors (Lipinski definition) is 2. The molecular formula is C15H14Cl2N4O2. The number of carbonyl (C=O) groups is 1. The predicted molar refractivity (Wildman–Crippen MR) is 91.3 cm³/mol. The quantitative estimate of drug-likeness (QED) is 0.618. The third-order valence-electron chi connectivity index (χ3n) is 2.99. The fraction of sp³-hybridized carbons (Fsp3) is 0.267. The van der Waals surface area contributed by atoms with E-state index in [1.165, 1.54) is 0 Å². The molecule has 0 aliphatic rings. The van der Waals surface area contributed by atoms with E-state index >= 15 is 0 Å². The molecule has 0 radical (unpaired) electrons. The van der Waals surface area contributed by atoms with Crippen LogP contribution >= 0.6 is 23.2 Å².